The van der Waals surface area contributed by atoms with Gasteiger partial charge in [0, 0.05) is 28.9 Å². The molecule has 0 spiro atoms. The Labute approximate surface area is 107 Å². The van der Waals surface area contributed by atoms with Crippen molar-refractivity contribution in [3.8, 4) is 0 Å². The maximum atomic E-state index is 12.1. The first kappa shape index (κ1) is 14.6. The molecule has 1 aliphatic rings. The second kappa shape index (κ2) is 6.50. The fraction of sp³-hybridized carbons (Fsp3) is 0.917. The van der Waals surface area contributed by atoms with Crippen LogP contribution in [-0.2, 0) is 15.6 Å². The van der Waals surface area contributed by atoms with Crippen LogP contribution < -0.4 is 5.32 Å². The third-order valence-corrected chi connectivity index (χ3v) is 4.49. The summed E-state index contributed by atoms with van der Waals surface area (Å²) in [6.07, 6.45) is 0.913. The Kier molecular flexibility index (Phi) is 5.59. The van der Waals surface area contributed by atoms with Gasteiger partial charge in [0.05, 0.1) is 12.2 Å². The van der Waals surface area contributed by atoms with Crippen LogP contribution in [0.3, 0.4) is 0 Å². The van der Waals surface area contributed by atoms with E-state index in [0.29, 0.717) is 24.0 Å². The Morgan fingerprint density at radius 3 is 2.53 bits per heavy atom. The van der Waals surface area contributed by atoms with Gasteiger partial charge in [0.2, 0.25) is 5.91 Å². The van der Waals surface area contributed by atoms with Gasteiger partial charge in [-0.25, -0.2) is 0 Å². The van der Waals surface area contributed by atoms with Gasteiger partial charge in [0.1, 0.15) is 0 Å². The smallest absolute Gasteiger partial charge is 0.241 e. The van der Waals surface area contributed by atoms with E-state index < -0.39 is 10.8 Å². The second-order valence-electron chi connectivity index (χ2n) is 4.78. The van der Waals surface area contributed by atoms with Gasteiger partial charge in [-0.2, -0.15) is 0 Å². The fourth-order valence-electron chi connectivity index (χ4n) is 2.14. The highest BCUT2D eigenvalue weighted by atomic mass is 32.2. The number of nitrogens with one attached hydrogen (secondary N) is 1. The van der Waals surface area contributed by atoms with Crippen LogP contribution in [0.25, 0.3) is 0 Å². The summed E-state index contributed by atoms with van der Waals surface area (Å²) in [5.74, 6) is 1.80. The molecule has 1 heterocycles. The van der Waals surface area contributed by atoms with Gasteiger partial charge in [0.25, 0.3) is 0 Å². The molecule has 0 aromatic heterocycles. The first-order chi connectivity index (χ1) is 8.01. The SMILES string of the molecule is CCC1NC(C(C)C)N(CCS(=O)CC)C1=O. The third-order valence-electron chi connectivity index (χ3n) is 3.21. The summed E-state index contributed by atoms with van der Waals surface area (Å²) >= 11 is 0. The molecule has 1 amide bonds. The maximum Gasteiger partial charge on any atom is 0.241 e. The summed E-state index contributed by atoms with van der Waals surface area (Å²) in [6, 6.07) is -0.0579. The van der Waals surface area contributed by atoms with Gasteiger partial charge in [-0.05, 0) is 12.3 Å². The normalized spacial score (nSPS) is 26.9. The number of amides is 1. The zero-order valence-electron chi connectivity index (χ0n) is 11.2. The molecule has 4 nitrogen and oxygen atoms in total. The van der Waals surface area contributed by atoms with Crippen LogP contribution in [0.4, 0.5) is 0 Å². The van der Waals surface area contributed by atoms with Crippen molar-refractivity contribution in [1.82, 2.24) is 10.2 Å². The first-order valence-corrected chi connectivity index (χ1v) is 7.91. The van der Waals surface area contributed by atoms with E-state index in [9.17, 15) is 9.00 Å². The second-order valence-corrected chi connectivity index (χ2v) is 6.65. The molecule has 1 rings (SSSR count). The number of carbonyl (C=O) groups excluding carboxylic acids is 1. The van der Waals surface area contributed by atoms with Crippen molar-refractivity contribution < 1.29 is 9.00 Å². The van der Waals surface area contributed by atoms with Crippen LogP contribution in [-0.4, -0.2) is 45.3 Å². The van der Waals surface area contributed by atoms with Crippen molar-refractivity contribution in [3.05, 3.63) is 0 Å². The minimum Gasteiger partial charge on any atom is -0.325 e. The lowest BCUT2D eigenvalue weighted by molar-refractivity contribution is -0.130. The van der Waals surface area contributed by atoms with Gasteiger partial charge >= 0.3 is 0 Å². The molecule has 100 valence electrons. The summed E-state index contributed by atoms with van der Waals surface area (Å²) in [5, 5.41) is 3.36. The van der Waals surface area contributed by atoms with Crippen molar-refractivity contribution in [2.45, 2.75) is 46.3 Å². The standard InChI is InChI=1S/C12H24N2O2S/c1-5-10-12(15)14(7-8-17(16)6-2)11(13-10)9(3)4/h9-11,13H,5-8H2,1-4H3. The van der Waals surface area contributed by atoms with Crippen molar-refractivity contribution in [1.29, 1.82) is 0 Å². The van der Waals surface area contributed by atoms with Crippen LogP contribution >= 0.6 is 0 Å². The van der Waals surface area contributed by atoms with E-state index in [4.69, 9.17) is 0 Å². The number of rotatable bonds is 6. The molecule has 0 aromatic carbocycles. The highest BCUT2D eigenvalue weighted by Gasteiger charge is 2.38. The van der Waals surface area contributed by atoms with E-state index in [1.807, 2.05) is 18.7 Å². The predicted molar refractivity (Wildman–Crippen MR) is 71.1 cm³/mol. The Bertz CT molecular complexity index is 294. The lowest BCUT2D eigenvalue weighted by atomic mass is 10.1. The lowest BCUT2D eigenvalue weighted by Crippen LogP contribution is -2.43. The van der Waals surface area contributed by atoms with Crippen LogP contribution in [0, 0.1) is 5.92 Å². The zero-order chi connectivity index (χ0) is 13.0. The van der Waals surface area contributed by atoms with Crippen LogP contribution in [0.15, 0.2) is 0 Å². The summed E-state index contributed by atoms with van der Waals surface area (Å²) in [4.78, 5) is 14.0. The molecule has 0 bridgehead atoms. The summed E-state index contributed by atoms with van der Waals surface area (Å²) < 4.78 is 11.5. The summed E-state index contributed by atoms with van der Waals surface area (Å²) in [7, 11) is -0.801. The molecular weight excluding hydrogens is 236 g/mol. The average molecular weight is 260 g/mol. The molecule has 1 aliphatic heterocycles. The quantitative estimate of drug-likeness (QED) is 0.773. The maximum absolute atomic E-state index is 12.1. The Hall–Kier alpha value is -0.420. The number of hydrogen-bond donors (Lipinski definition) is 1. The first-order valence-electron chi connectivity index (χ1n) is 6.42. The predicted octanol–water partition coefficient (Wildman–Crippen LogP) is 0.948. The molecule has 0 aromatic rings. The topological polar surface area (TPSA) is 49.4 Å². The largest absolute Gasteiger partial charge is 0.325 e. The van der Waals surface area contributed by atoms with Crippen molar-refractivity contribution in [2.75, 3.05) is 18.1 Å². The van der Waals surface area contributed by atoms with E-state index in [1.54, 1.807) is 0 Å². The monoisotopic (exact) mass is 260 g/mol. The van der Waals surface area contributed by atoms with Crippen molar-refractivity contribution in [2.24, 2.45) is 5.92 Å². The van der Waals surface area contributed by atoms with Crippen molar-refractivity contribution in [3.63, 3.8) is 0 Å². The zero-order valence-corrected chi connectivity index (χ0v) is 12.0. The average Bonchev–Trinajstić information content (AvgIpc) is 2.63. The highest BCUT2D eigenvalue weighted by molar-refractivity contribution is 7.84. The molecule has 0 saturated carbocycles. The molecule has 1 saturated heterocycles. The van der Waals surface area contributed by atoms with Gasteiger partial charge in [0.15, 0.2) is 0 Å². The molecule has 0 radical (unpaired) electrons. The van der Waals surface area contributed by atoms with Crippen LogP contribution in [0.1, 0.15) is 34.1 Å². The molecular formula is C12H24N2O2S. The molecule has 0 aliphatic carbocycles. The molecule has 5 heteroatoms. The molecule has 1 fully saturated rings. The van der Waals surface area contributed by atoms with Gasteiger partial charge in [-0.3, -0.25) is 14.3 Å². The third kappa shape index (κ3) is 3.52. The Balaban J connectivity index is 2.65. The van der Waals surface area contributed by atoms with Gasteiger partial charge in [-0.1, -0.05) is 27.7 Å². The Morgan fingerprint density at radius 1 is 1.41 bits per heavy atom. The Morgan fingerprint density at radius 2 is 2.06 bits per heavy atom. The van der Waals surface area contributed by atoms with E-state index in [0.717, 1.165) is 6.42 Å². The van der Waals surface area contributed by atoms with Crippen LogP contribution in [0.2, 0.25) is 0 Å². The molecule has 3 atom stereocenters. The van der Waals surface area contributed by atoms with Crippen LogP contribution in [0.5, 0.6) is 0 Å². The molecule has 3 unspecified atom stereocenters. The van der Waals surface area contributed by atoms with Crippen molar-refractivity contribution >= 4 is 16.7 Å². The molecule has 1 N–H and O–H groups in total. The summed E-state index contributed by atoms with van der Waals surface area (Å²) in [5.41, 5.74) is 0. The van der Waals surface area contributed by atoms with E-state index in [2.05, 4.69) is 19.2 Å². The van der Waals surface area contributed by atoms with E-state index >= 15 is 0 Å². The number of hydrogen-bond acceptors (Lipinski definition) is 3. The summed E-state index contributed by atoms with van der Waals surface area (Å²) in [6.45, 7) is 8.74. The highest BCUT2D eigenvalue weighted by Crippen LogP contribution is 2.18. The van der Waals surface area contributed by atoms with Gasteiger partial charge in [-0.15, -0.1) is 0 Å². The van der Waals surface area contributed by atoms with E-state index in [-0.39, 0.29) is 18.1 Å². The minimum absolute atomic E-state index is 0.0579. The molecule has 17 heavy (non-hydrogen) atoms. The minimum atomic E-state index is -0.801. The van der Waals surface area contributed by atoms with Gasteiger partial charge < -0.3 is 4.90 Å². The number of nitrogens with zero attached hydrogens (tertiary/aromatic N) is 1. The number of carbonyl (C=O) groups is 1. The van der Waals surface area contributed by atoms with E-state index in [1.165, 1.54) is 0 Å². The lowest BCUT2D eigenvalue weighted by Gasteiger charge is -2.26. The fourth-order valence-corrected chi connectivity index (χ4v) is 2.83.